The van der Waals surface area contributed by atoms with Crippen molar-refractivity contribution in [1.29, 1.82) is 0 Å². The number of rotatable bonds is 1. The molecule has 0 bridgehead atoms. The summed E-state index contributed by atoms with van der Waals surface area (Å²) in [6.07, 6.45) is 0. The van der Waals surface area contributed by atoms with Crippen LogP contribution in [-0.4, -0.2) is 12.7 Å². The maximum absolute atomic E-state index is 13.0. The second-order valence-electron chi connectivity index (χ2n) is 4.30. The Morgan fingerprint density at radius 1 is 1.18 bits per heavy atom. The quantitative estimate of drug-likeness (QED) is 0.554. The van der Waals surface area contributed by atoms with Gasteiger partial charge in [0.2, 0.25) is 0 Å². The maximum Gasteiger partial charge on any atom is 0.563 e. The van der Waals surface area contributed by atoms with E-state index in [9.17, 15) is 13.2 Å². The van der Waals surface area contributed by atoms with E-state index >= 15 is 0 Å². The molecule has 0 N–H and O–H groups in total. The van der Waals surface area contributed by atoms with Crippen LogP contribution in [0.5, 0.6) is 0 Å². The Balaban J connectivity index is 2.34. The van der Waals surface area contributed by atoms with E-state index in [0.717, 1.165) is 12.1 Å². The van der Waals surface area contributed by atoms with Crippen LogP contribution in [0.1, 0.15) is 13.8 Å². The van der Waals surface area contributed by atoms with Crippen molar-refractivity contribution in [3.05, 3.63) is 41.9 Å². The summed E-state index contributed by atoms with van der Waals surface area (Å²) < 4.78 is 49.5. The van der Waals surface area contributed by atoms with E-state index in [4.69, 9.17) is 9.31 Å². The lowest BCUT2D eigenvalue weighted by Crippen LogP contribution is -2.35. The Bertz CT molecular complexity index is 465. The molecule has 0 spiro atoms. The molecule has 90 valence electrons. The van der Waals surface area contributed by atoms with E-state index in [2.05, 4.69) is 6.58 Å². The van der Waals surface area contributed by atoms with Crippen molar-refractivity contribution in [2.75, 3.05) is 0 Å². The van der Waals surface area contributed by atoms with Crippen LogP contribution in [0.4, 0.5) is 13.2 Å². The summed E-state index contributed by atoms with van der Waals surface area (Å²) in [4.78, 5) is 0. The molecule has 1 saturated heterocycles. The van der Waals surface area contributed by atoms with Crippen molar-refractivity contribution in [3.63, 3.8) is 0 Å². The molecule has 0 radical (unpaired) electrons. The molecule has 0 unspecified atom stereocenters. The molecule has 1 aromatic rings. The van der Waals surface area contributed by atoms with E-state index in [-0.39, 0.29) is 5.46 Å². The highest BCUT2D eigenvalue weighted by atomic mass is 19.2. The molecule has 0 aromatic heterocycles. The lowest BCUT2D eigenvalue weighted by Gasteiger charge is -2.15. The summed E-state index contributed by atoms with van der Waals surface area (Å²) in [6.45, 7) is 7.06. The lowest BCUT2D eigenvalue weighted by molar-refractivity contribution is 0.173. The molecule has 1 aliphatic rings. The van der Waals surface area contributed by atoms with Gasteiger partial charge in [0.1, 0.15) is 5.60 Å². The van der Waals surface area contributed by atoms with Crippen LogP contribution in [-0.2, 0) is 9.31 Å². The van der Waals surface area contributed by atoms with Crippen LogP contribution >= 0.6 is 0 Å². The van der Waals surface area contributed by atoms with Crippen molar-refractivity contribution in [3.8, 4) is 0 Å². The Morgan fingerprint density at radius 3 is 2.12 bits per heavy atom. The highest BCUT2D eigenvalue weighted by Gasteiger charge is 2.43. The molecule has 0 aliphatic carbocycles. The molecule has 0 atom stereocenters. The van der Waals surface area contributed by atoms with Crippen molar-refractivity contribution in [2.24, 2.45) is 0 Å². The molecule has 1 heterocycles. The Hall–Kier alpha value is -1.43. The predicted molar refractivity (Wildman–Crippen MR) is 57.1 cm³/mol. The molecule has 6 heteroatoms. The van der Waals surface area contributed by atoms with Crippen molar-refractivity contribution in [1.82, 2.24) is 0 Å². The van der Waals surface area contributed by atoms with Crippen molar-refractivity contribution < 1.29 is 22.5 Å². The van der Waals surface area contributed by atoms with Gasteiger partial charge in [0.25, 0.3) is 0 Å². The van der Waals surface area contributed by atoms with Gasteiger partial charge in [0, 0.05) is 5.46 Å². The molecule has 2 rings (SSSR count). The standard InChI is InChI=1S/C11H10BF3O2/c1-6-11(2,3)17-12(16-6)7-4-8(13)10(15)9(14)5-7/h4-5H,1H2,2-3H3. The van der Waals surface area contributed by atoms with Gasteiger partial charge in [-0.2, -0.15) is 0 Å². The Labute approximate surface area is 97.2 Å². The first-order valence-electron chi connectivity index (χ1n) is 4.99. The van der Waals surface area contributed by atoms with E-state index in [1.54, 1.807) is 13.8 Å². The summed E-state index contributed by atoms with van der Waals surface area (Å²) in [5.41, 5.74) is -0.667. The van der Waals surface area contributed by atoms with Gasteiger partial charge in [0.15, 0.2) is 17.5 Å². The Kier molecular flexibility index (Phi) is 2.69. The fourth-order valence-electron chi connectivity index (χ4n) is 1.48. The minimum atomic E-state index is -1.51. The largest absolute Gasteiger partial charge is 0.563 e. The SMILES string of the molecule is C=C1OB(c2cc(F)c(F)c(F)c2)OC1(C)C. The monoisotopic (exact) mass is 242 g/mol. The van der Waals surface area contributed by atoms with Gasteiger partial charge in [-0.25, -0.2) is 13.2 Å². The smallest absolute Gasteiger partial charge is 0.534 e. The third kappa shape index (κ3) is 2.04. The Morgan fingerprint density at radius 2 is 1.71 bits per heavy atom. The fraction of sp³-hybridized carbons (Fsp3) is 0.273. The van der Waals surface area contributed by atoms with Gasteiger partial charge >= 0.3 is 7.12 Å². The summed E-state index contributed by atoms with van der Waals surface area (Å²) in [6, 6.07) is 1.69. The van der Waals surface area contributed by atoms with Crippen LogP contribution in [0.2, 0.25) is 0 Å². The average Bonchev–Trinajstić information content (AvgIpc) is 2.49. The molecule has 2 nitrogen and oxygen atoms in total. The molecular formula is C11H10BF3O2. The third-order valence-corrected chi connectivity index (χ3v) is 2.60. The molecule has 1 fully saturated rings. The first-order chi connectivity index (χ1) is 7.81. The van der Waals surface area contributed by atoms with Gasteiger partial charge in [-0.3, -0.25) is 0 Å². The third-order valence-electron chi connectivity index (χ3n) is 2.60. The topological polar surface area (TPSA) is 18.5 Å². The normalized spacial score (nSPS) is 18.4. The average molecular weight is 242 g/mol. The molecule has 1 aliphatic heterocycles. The molecular weight excluding hydrogens is 232 g/mol. The zero-order valence-corrected chi connectivity index (χ0v) is 9.39. The van der Waals surface area contributed by atoms with Crippen LogP contribution < -0.4 is 5.46 Å². The first kappa shape index (κ1) is 12.0. The van der Waals surface area contributed by atoms with Crippen LogP contribution in [0.15, 0.2) is 24.5 Å². The molecule has 1 aromatic carbocycles. The number of hydrogen-bond donors (Lipinski definition) is 0. The second kappa shape index (κ2) is 3.80. The van der Waals surface area contributed by atoms with Gasteiger partial charge < -0.3 is 9.31 Å². The maximum atomic E-state index is 13.0. The van der Waals surface area contributed by atoms with E-state index in [0.29, 0.717) is 5.76 Å². The van der Waals surface area contributed by atoms with Crippen molar-refractivity contribution in [2.45, 2.75) is 19.4 Å². The molecule has 0 amide bonds. The number of benzene rings is 1. The van der Waals surface area contributed by atoms with E-state index in [1.807, 2.05) is 0 Å². The highest BCUT2D eigenvalue weighted by molar-refractivity contribution is 6.62. The van der Waals surface area contributed by atoms with Gasteiger partial charge in [-0.15, -0.1) is 0 Å². The first-order valence-corrected chi connectivity index (χ1v) is 4.99. The summed E-state index contributed by atoms with van der Waals surface area (Å²) >= 11 is 0. The lowest BCUT2D eigenvalue weighted by atomic mass is 9.79. The number of halogens is 3. The summed E-state index contributed by atoms with van der Waals surface area (Å²) in [7, 11) is -0.970. The highest BCUT2D eigenvalue weighted by Crippen LogP contribution is 2.29. The van der Waals surface area contributed by atoms with Crippen LogP contribution in [0, 0.1) is 17.5 Å². The zero-order chi connectivity index (χ0) is 12.8. The minimum absolute atomic E-state index is 0.0770. The minimum Gasteiger partial charge on any atom is -0.534 e. The zero-order valence-electron chi connectivity index (χ0n) is 9.39. The van der Waals surface area contributed by atoms with Gasteiger partial charge in [-0.05, 0) is 26.0 Å². The van der Waals surface area contributed by atoms with E-state index in [1.165, 1.54) is 0 Å². The summed E-state index contributed by atoms with van der Waals surface area (Å²) in [5, 5.41) is 0. The summed E-state index contributed by atoms with van der Waals surface area (Å²) in [5.74, 6) is -3.71. The molecule has 17 heavy (non-hydrogen) atoms. The predicted octanol–water partition coefficient (Wildman–Crippen LogP) is 2.14. The van der Waals surface area contributed by atoms with Crippen molar-refractivity contribution >= 4 is 12.6 Å². The second-order valence-corrected chi connectivity index (χ2v) is 4.30. The molecule has 0 saturated carbocycles. The van der Waals surface area contributed by atoms with Crippen LogP contribution in [0.25, 0.3) is 0 Å². The van der Waals surface area contributed by atoms with E-state index < -0.39 is 30.2 Å². The fourth-order valence-corrected chi connectivity index (χ4v) is 1.48. The van der Waals surface area contributed by atoms with Crippen LogP contribution in [0.3, 0.4) is 0 Å². The number of hydrogen-bond acceptors (Lipinski definition) is 2. The van der Waals surface area contributed by atoms with Gasteiger partial charge in [0.05, 0.1) is 5.76 Å². The van der Waals surface area contributed by atoms with Gasteiger partial charge in [-0.1, -0.05) is 6.58 Å².